The van der Waals surface area contributed by atoms with E-state index in [-0.39, 0.29) is 17.6 Å². The maximum atomic E-state index is 13.2. The number of aryl methyl sites for hydroxylation is 2. The normalized spacial score (nSPS) is 13.8. The number of allylic oxidation sites excluding steroid dienone is 1. The molecule has 2 amide bonds. The van der Waals surface area contributed by atoms with Crippen LogP contribution in [0.15, 0.2) is 46.7 Å². The maximum absolute atomic E-state index is 13.2. The zero-order valence-electron chi connectivity index (χ0n) is 19.0. The second-order valence-corrected chi connectivity index (χ2v) is 7.88. The van der Waals surface area contributed by atoms with Crippen LogP contribution in [0.25, 0.3) is 28.2 Å². The smallest absolute Gasteiger partial charge is 0.318 e. The number of aromatic amines is 1. The first-order chi connectivity index (χ1) is 16.4. The van der Waals surface area contributed by atoms with E-state index in [1.807, 2.05) is 32.0 Å². The lowest BCUT2D eigenvalue weighted by Gasteiger charge is -2.05. The van der Waals surface area contributed by atoms with Crippen LogP contribution >= 0.6 is 0 Å². The van der Waals surface area contributed by atoms with Crippen LogP contribution in [-0.2, 0) is 0 Å². The van der Waals surface area contributed by atoms with Crippen LogP contribution in [0.5, 0.6) is 11.5 Å². The van der Waals surface area contributed by atoms with Crippen LogP contribution in [-0.4, -0.2) is 36.1 Å². The molecule has 0 spiro atoms. The van der Waals surface area contributed by atoms with Gasteiger partial charge in [0, 0.05) is 29.2 Å². The van der Waals surface area contributed by atoms with Crippen molar-refractivity contribution in [3.8, 4) is 22.8 Å². The Morgan fingerprint density at radius 1 is 1.18 bits per heavy atom. The Balaban J connectivity index is 1.64. The fourth-order valence-electron chi connectivity index (χ4n) is 4.10. The predicted octanol–water partition coefficient (Wildman–Crippen LogP) is 4.82. The molecule has 0 saturated carbocycles. The number of ether oxygens (including phenoxy) is 2. The van der Waals surface area contributed by atoms with Gasteiger partial charge in [-0.1, -0.05) is 5.16 Å². The number of rotatable bonds is 4. The van der Waals surface area contributed by atoms with Gasteiger partial charge < -0.3 is 29.6 Å². The van der Waals surface area contributed by atoms with Crippen molar-refractivity contribution in [3.63, 3.8) is 0 Å². The van der Waals surface area contributed by atoms with Gasteiger partial charge in [-0.05, 0) is 56.3 Å². The average molecular weight is 458 g/mol. The topological polar surface area (TPSA) is 118 Å². The molecule has 1 aliphatic heterocycles. The van der Waals surface area contributed by atoms with Crippen molar-refractivity contribution >= 4 is 34.5 Å². The molecule has 5 rings (SSSR count). The lowest BCUT2D eigenvalue weighted by atomic mass is 10.0. The molecular formula is C25H22N4O5. The molecular weight excluding hydrogens is 436 g/mol. The third kappa shape index (κ3) is 3.47. The minimum Gasteiger partial charge on any atom is -0.497 e. The van der Waals surface area contributed by atoms with E-state index in [9.17, 15) is 9.59 Å². The van der Waals surface area contributed by atoms with Crippen LogP contribution in [0.4, 0.5) is 10.5 Å². The standard InChI is InChI=1S/C25H22N4O5/c1-12-22(13(2)34-29-12)23-17(16-10-15(32-4)6-7-19(16)28-23)11-21-24(30)18-9-14(27-25(31)26-3)5-8-20(18)33-21/h5-11,28H,1-4H3,(H2,26,27,31)/b21-11-. The van der Waals surface area contributed by atoms with E-state index in [4.69, 9.17) is 14.0 Å². The third-order valence-electron chi connectivity index (χ3n) is 5.76. The number of urea groups is 1. The molecule has 0 radical (unpaired) electrons. The van der Waals surface area contributed by atoms with Gasteiger partial charge in [0.1, 0.15) is 17.3 Å². The highest BCUT2D eigenvalue weighted by Gasteiger charge is 2.29. The molecule has 0 bridgehead atoms. The molecule has 3 N–H and O–H groups in total. The Morgan fingerprint density at radius 3 is 2.71 bits per heavy atom. The molecule has 2 aromatic carbocycles. The van der Waals surface area contributed by atoms with E-state index in [2.05, 4.69) is 20.8 Å². The average Bonchev–Trinajstić information content (AvgIpc) is 3.46. The van der Waals surface area contributed by atoms with Gasteiger partial charge in [0.15, 0.2) is 5.76 Å². The summed E-state index contributed by atoms with van der Waals surface area (Å²) in [4.78, 5) is 28.3. The Morgan fingerprint density at radius 2 is 2.00 bits per heavy atom. The van der Waals surface area contributed by atoms with Gasteiger partial charge >= 0.3 is 6.03 Å². The zero-order chi connectivity index (χ0) is 24.0. The van der Waals surface area contributed by atoms with Gasteiger partial charge in [-0.2, -0.15) is 0 Å². The number of benzene rings is 2. The Bertz CT molecular complexity index is 1480. The highest BCUT2D eigenvalue weighted by atomic mass is 16.5. The summed E-state index contributed by atoms with van der Waals surface area (Å²) in [6.45, 7) is 3.70. The maximum Gasteiger partial charge on any atom is 0.318 e. The number of nitrogens with zero attached hydrogens (tertiary/aromatic N) is 1. The quantitative estimate of drug-likeness (QED) is 0.378. The van der Waals surface area contributed by atoms with E-state index in [0.717, 1.165) is 33.4 Å². The molecule has 0 atom stereocenters. The summed E-state index contributed by atoms with van der Waals surface area (Å²) in [5, 5.41) is 10.1. The van der Waals surface area contributed by atoms with Crippen molar-refractivity contribution in [2.75, 3.05) is 19.5 Å². The van der Waals surface area contributed by atoms with Crippen molar-refractivity contribution < 1.29 is 23.6 Å². The Kier molecular flexibility index (Phi) is 5.09. The number of carbonyl (C=O) groups excluding carboxylic acids is 2. The summed E-state index contributed by atoms with van der Waals surface area (Å²) in [6, 6.07) is 10.2. The number of H-pyrrole nitrogens is 1. The van der Waals surface area contributed by atoms with Gasteiger partial charge in [-0.15, -0.1) is 0 Å². The number of nitrogens with one attached hydrogen (secondary N) is 3. The first-order valence-corrected chi connectivity index (χ1v) is 10.6. The van der Waals surface area contributed by atoms with Gasteiger partial charge in [0.2, 0.25) is 5.78 Å². The lowest BCUT2D eigenvalue weighted by Crippen LogP contribution is -2.24. The number of hydrogen-bond acceptors (Lipinski definition) is 6. The predicted molar refractivity (Wildman–Crippen MR) is 127 cm³/mol. The van der Waals surface area contributed by atoms with E-state index in [1.54, 1.807) is 31.4 Å². The van der Waals surface area contributed by atoms with E-state index in [1.165, 1.54) is 7.05 Å². The van der Waals surface area contributed by atoms with E-state index in [0.29, 0.717) is 28.5 Å². The molecule has 3 heterocycles. The fraction of sp³-hybridized carbons (Fsp3) is 0.160. The van der Waals surface area contributed by atoms with Gasteiger partial charge in [0.05, 0.1) is 29.6 Å². The summed E-state index contributed by atoms with van der Waals surface area (Å²) >= 11 is 0. The summed E-state index contributed by atoms with van der Waals surface area (Å²) in [7, 11) is 3.12. The molecule has 9 nitrogen and oxygen atoms in total. The molecule has 172 valence electrons. The monoisotopic (exact) mass is 458 g/mol. The second kappa shape index (κ2) is 8.11. The third-order valence-corrected chi connectivity index (χ3v) is 5.76. The SMILES string of the molecule is CNC(=O)Nc1ccc2c(c1)C(=O)/C(=C/c1c(-c3c(C)noc3C)[nH]c3ccc(OC)cc13)O2. The number of aromatic nitrogens is 2. The molecule has 34 heavy (non-hydrogen) atoms. The van der Waals surface area contributed by atoms with Gasteiger partial charge in [-0.25, -0.2) is 4.79 Å². The number of carbonyl (C=O) groups is 2. The first kappa shape index (κ1) is 21.3. The Labute approximate surface area is 194 Å². The first-order valence-electron chi connectivity index (χ1n) is 10.6. The van der Waals surface area contributed by atoms with Crippen LogP contribution in [0.3, 0.4) is 0 Å². The zero-order valence-corrected chi connectivity index (χ0v) is 19.0. The van der Waals surface area contributed by atoms with Crippen molar-refractivity contribution in [1.29, 1.82) is 0 Å². The van der Waals surface area contributed by atoms with E-state index < -0.39 is 0 Å². The molecule has 4 aromatic rings. The van der Waals surface area contributed by atoms with Crippen LogP contribution < -0.4 is 20.1 Å². The number of Topliss-reactive ketones (excluding diaryl/α,β-unsaturated/α-hetero) is 1. The van der Waals surface area contributed by atoms with Gasteiger partial charge in [-0.3, -0.25) is 4.79 Å². The number of anilines is 1. The largest absolute Gasteiger partial charge is 0.497 e. The van der Waals surface area contributed by atoms with Crippen molar-refractivity contribution in [2.45, 2.75) is 13.8 Å². The Hall–Kier alpha value is -4.53. The van der Waals surface area contributed by atoms with Crippen molar-refractivity contribution in [2.24, 2.45) is 0 Å². The molecule has 0 unspecified atom stereocenters. The van der Waals surface area contributed by atoms with Crippen molar-refractivity contribution in [1.82, 2.24) is 15.5 Å². The molecule has 1 aliphatic rings. The van der Waals surface area contributed by atoms with Gasteiger partial charge in [0.25, 0.3) is 0 Å². The number of hydrogen-bond donors (Lipinski definition) is 3. The minimum atomic E-state index is -0.376. The molecule has 0 saturated heterocycles. The number of amides is 2. The molecule has 9 heteroatoms. The summed E-state index contributed by atoms with van der Waals surface area (Å²) in [6.07, 6.45) is 1.72. The highest BCUT2D eigenvalue weighted by Crippen LogP contribution is 2.39. The van der Waals surface area contributed by atoms with Crippen molar-refractivity contribution in [3.05, 3.63) is 64.7 Å². The second-order valence-electron chi connectivity index (χ2n) is 7.88. The van der Waals surface area contributed by atoms with Crippen LogP contribution in [0.1, 0.15) is 27.4 Å². The number of ketones is 1. The van der Waals surface area contributed by atoms with Crippen LogP contribution in [0, 0.1) is 13.8 Å². The van der Waals surface area contributed by atoms with E-state index >= 15 is 0 Å². The summed E-state index contributed by atoms with van der Waals surface area (Å²) in [5.74, 6) is 1.65. The highest BCUT2D eigenvalue weighted by molar-refractivity contribution is 6.16. The molecule has 0 fully saturated rings. The molecule has 0 aliphatic carbocycles. The summed E-state index contributed by atoms with van der Waals surface area (Å²) in [5.41, 5.74) is 4.79. The number of fused-ring (bicyclic) bond motifs is 2. The lowest BCUT2D eigenvalue weighted by molar-refractivity contribution is 0.101. The minimum absolute atomic E-state index is 0.170. The molecule has 2 aromatic heterocycles. The van der Waals surface area contributed by atoms with Crippen LogP contribution in [0.2, 0.25) is 0 Å². The fourth-order valence-corrected chi connectivity index (χ4v) is 4.10. The number of methoxy groups -OCH3 is 1. The summed E-state index contributed by atoms with van der Waals surface area (Å²) < 4.78 is 16.7.